The van der Waals surface area contributed by atoms with Crippen molar-refractivity contribution in [2.24, 2.45) is 0 Å². The molecule has 1 aromatic heterocycles. The highest BCUT2D eigenvalue weighted by Crippen LogP contribution is 2.31. The molecule has 1 atom stereocenters. The van der Waals surface area contributed by atoms with Crippen molar-refractivity contribution in [2.45, 2.75) is 45.6 Å². The Morgan fingerprint density at radius 1 is 1.19 bits per heavy atom. The predicted molar refractivity (Wildman–Crippen MR) is 111 cm³/mol. The fourth-order valence-electron chi connectivity index (χ4n) is 3.45. The van der Waals surface area contributed by atoms with Gasteiger partial charge in [0.2, 0.25) is 0 Å². The quantitative estimate of drug-likeness (QED) is 0.865. The smallest absolute Gasteiger partial charge is 0.152 e. The fourth-order valence-corrected chi connectivity index (χ4v) is 5.22. The first-order valence-corrected chi connectivity index (χ1v) is 11.0. The van der Waals surface area contributed by atoms with Crippen LogP contribution in [-0.2, 0) is 15.3 Å². The van der Waals surface area contributed by atoms with Gasteiger partial charge in [-0.1, -0.05) is 39.0 Å². The van der Waals surface area contributed by atoms with Crippen LogP contribution in [0.1, 0.15) is 38.6 Å². The van der Waals surface area contributed by atoms with Crippen molar-refractivity contribution >= 4 is 27.2 Å². The summed E-state index contributed by atoms with van der Waals surface area (Å²) in [5, 5.41) is 3.43. The van der Waals surface area contributed by atoms with Crippen molar-refractivity contribution in [3.05, 3.63) is 41.7 Å². The highest BCUT2D eigenvalue weighted by molar-refractivity contribution is 7.91. The lowest BCUT2D eigenvalue weighted by molar-refractivity contribution is 0.592. The van der Waals surface area contributed by atoms with Gasteiger partial charge in [-0.25, -0.2) is 18.4 Å². The van der Waals surface area contributed by atoms with Crippen LogP contribution in [0.25, 0.3) is 0 Å². The molecule has 27 heavy (non-hydrogen) atoms. The van der Waals surface area contributed by atoms with Crippen LogP contribution in [0.2, 0.25) is 0 Å². The molecule has 2 aromatic rings. The Labute approximate surface area is 162 Å². The molecule has 0 radical (unpaired) electrons. The van der Waals surface area contributed by atoms with Crippen LogP contribution in [0.3, 0.4) is 0 Å². The molecule has 1 N–H and O–H groups in total. The summed E-state index contributed by atoms with van der Waals surface area (Å²) >= 11 is 0. The number of benzene rings is 1. The van der Waals surface area contributed by atoms with E-state index in [-0.39, 0.29) is 23.0 Å². The zero-order valence-corrected chi connectivity index (χ0v) is 17.5. The third-order valence-electron chi connectivity index (χ3n) is 4.94. The van der Waals surface area contributed by atoms with Crippen molar-refractivity contribution in [3.8, 4) is 0 Å². The molecule has 0 bridgehead atoms. The molecule has 146 valence electrons. The molecule has 0 spiro atoms. The monoisotopic (exact) mass is 388 g/mol. The van der Waals surface area contributed by atoms with Gasteiger partial charge in [0.05, 0.1) is 11.5 Å². The summed E-state index contributed by atoms with van der Waals surface area (Å²) in [6, 6.07) is 10.0. The molecule has 1 aliphatic rings. The fraction of sp³-hybridized carbons (Fsp3) is 0.500. The van der Waals surface area contributed by atoms with E-state index in [2.05, 4.69) is 42.1 Å². The number of hydrogen-bond donors (Lipinski definition) is 1. The van der Waals surface area contributed by atoms with Gasteiger partial charge < -0.3 is 10.2 Å². The van der Waals surface area contributed by atoms with Gasteiger partial charge in [0, 0.05) is 24.8 Å². The van der Waals surface area contributed by atoms with E-state index in [4.69, 9.17) is 0 Å². The van der Waals surface area contributed by atoms with E-state index < -0.39 is 9.84 Å². The van der Waals surface area contributed by atoms with Crippen molar-refractivity contribution in [1.82, 2.24) is 9.97 Å². The number of para-hydroxylation sites is 1. The topological polar surface area (TPSA) is 75.2 Å². The van der Waals surface area contributed by atoms with Crippen molar-refractivity contribution in [3.63, 3.8) is 0 Å². The predicted octanol–water partition coefficient (Wildman–Crippen LogP) is 3.45. The number of anilines is 3. The third kappa shape index (κ3) is 4.58. The Morgan fingerprint density at radius 3 is 2.52 bits per heavy atom. The van der Waals surface area contributed by atoms with Gasteiger partial charge in [0.1, 0.15) is 17.5 Å². The van der Waals surface area contributed by atoms with Crippen LogP contribution in [0.5, 0.6) is 0 Å². The van der Waals surface area contributed by atoms with E-state index in [9.17, 15) is 8.42 Å². The molecule has 0 saturated carbocycles. The Balaban J connectivity index is 1.89. The Morgan fingerprint density at radius 2 is 1.89 bits per heavy atom. The zero-order chi connectivity index (χ0) is 19.8. The standard InChI is InChI=1S/C20H28N4O2S/c1-14-21-18(23-17-9-7-6-8-16(17)20(2,3)4)12-19(22-14)24(5)15-10-11-27(25,26)13-15/h6-9,12,15H,10-11,13H2,1-5H3,(H,21,22,23). The molecule has 0 amide bonds. The second-order valence-corrected chi connectivity index (χ2v) is 10.5. The molecule has 3 rings (SSSR count). The molecule has 0 aliphatic carbocycles. The van der Waals surface area contributed by atoms with Gasteiger partial charge in [-0.05, 0) is 30.4 Å². The van der Waals surface area contributed by atoms with Gasteiger partial charge >= 0.3 is 0 Å². The lowest BCUT2D eigenvalue weighted by Crippen LogP contribution is -2.33. The molecule has 6 nitrogen and oxygen atoms in total. The Bertz CT molecular complexity index is 935. The molecule has 1 aliphatic heterocycles. The van der Waals surface area contributed by atoms with E-state index in [0.29, 0.717) is 18.1 Å². The first kappa shape index (κ1) is 19.6. The van der Waals surface area contributed by atoms with Gasteiger partial charge in [-0.3, -0.25) is 0 Å². The van der Waals surface area contributed by atoms with E-state index in [0.717, 1.165) is 11.5 Å². The number of nitrogens with zero attached hydrogens (tertiary/aromatic N) is 3. The van der Waals surface area contributed by atoms with Gasteiger partial charge in [0.15, 0.2) is 9.84 Å². The lowest BCUT2D eigenvalue weighted by atomic mass is 9.86. The van der Waals surface area contributed by atoms with E-state index in [1.54, 1.807) is 0 Å². The summed E-state index contributed by atoms with van der Waals surface area (Å²) in [4.78, 5) is 11.0. The maximum absolute atomic E-state index is 11.8. The second-order valence-electron chi connectivity index (χ2n) is 8.25. The van der Waals surface area contributed by atoms with E-state index in [1.165, 1.54) is 5.56 Å². The van der Waals surface area contributed by atoms with E-state index in [1.807, 2.05) is 43.1 Å². The lowest BCUT2D eigenvalue weighted by Gasteiger charge is -2.26. The van der Waals surface area contributed by atoms with Crippen LogP contribution >= 0.6 is 0 Å². The van der Waals surface area contributed by atoms with Crippen molar-refractivity contribution in [1.29, 1.82) is 0 Å². The van der Waals surface area contributed by atoms with Crippen molar-refractivity contribution in [2.75, 3.05) is 28.8 Å². The van der Waals surface area contributed by atoms with Crippen LogP contribution in [-0.4, -0.2) is 43.0 Å². The maximum Gasteiger partial charge on any atom is 0.152 e. The van der Waals surface area contributed by atoms with Crippen LogP contribution in [0, 0.1) is 6.92 Å². The minimum atomic E-state index is -2.94. The minimum Gasteiger partial charge on any atom is -0.355 e. The highest BCUT2D eigenvalue weighted by Gasteiger charge is 2.31. The van der Waals surface area contributed by atoms with Gasteiger partial charge in [-0.15, -0.1) is 0 Å². The number of hydrogen-bond acceptors (Lipinski definition) is 6. The average Bonchev–Trinajstić information content (AvgIpc) is 2.93. The average molecular weight is 389 g/mol. The summed E-state index contributed by atoms with van der Waals surface area (Å²) in [5.74, 6) is 2.52. The van der Waals surface area contributed by atoms with Gasteiger partial charge in [0.25, 0.3) is 0 Å². The van der Waals surface area contributed by atoms with Gasteiger partial charge in [-0.2, -0.15) is 0 Å². The summed E-state index contributed by atoms with van der Waals surface area (Å²) in [6.45, 7) is 8.39. The number of nitrogens with one attached hydrogen (secondary N) is 1. The molecule has 1 fully saturated rings. The third-order valence-corrected chi connectivity index (χ3v) is 6.69. The largest absolute Gasteiger partial charge is 0.355 e. The summed E-state index contributed by atoms with van der Waals surface area (Å²) in [7, 11) is -1.04. The Kier molecular flexibility index (Phi) is 5.16. The number of aromatic nitrogens is 2. The molecule has 2 heterocycles. The first-order chi connectivity index (χ1) is 12.5. The van der Waals surface area contributed by atoms with Crippen LogP contribution in [0.4, 0.5) is 17.3 Å². The van der Waals surface area contributed by atoms with Crippen molar-refractivity contribution < 1.29 is 8.42 Å². The number of rotatable bonds is 4. The minimum absolute atomic E-state index is 0.00347. The number of sulfone groups is 1. The summed E-state index contributed by atoms with van der Waals surface area (Å²) in [6.07, 6.45) is 0.636. The summed E-state index contributed by atoms with van der Waals surface area (Å²) < 4.78 is 23.6. The highest BCUT2D eigenvalue weighted by atomic mass is 32.2. The molecule has 7 heteroatoms. The molecule has 1 saturated heterocycles. The SMILES string of the molecule is Cc1nc(Nc2ccccc2C(C)(C)C)cc(N(C)C2CCS(=O)(=O)C2)n1. The van der Waals surface area contributed by atoms with Crippen LogP contribution < -0.4 is 10.2 Å². The molecule has 1 aromatic carbocycles. The molecule has 1 unspecified atom stereocenters. The normalized spacial score (nSPS) is 19.1. The first-order valence-electron chi connectivity index (χ1n) is 9.21. The maximum atomic E-state index is 11.8. The molecular weight excluding hydrogens is 360 g/mol. The summed E-state index contributed by atoms with van der Waals surface area (Å²) in [5.41, 5.74) is 2.22. The Hall–Kier alpha value is -2.15. The van der Waals surface area contributed by atoms with E-state index >= 15 is 0 Å². The molecular formula is C20H28N4O2S. The number of aryl methyl sites for hydroxylation is 1. The zero-order valence-electron chi connectivity index (χ0n) is 16.7. The second kappa shape index (κ2) is 7.11. The van der Waals surface area contributed by atoms with Crippen LogP contribution in [0.15, 0.2) is 30.3 Å².